The lowest BCUT2D eigenvalue weighted by atomic mass is 9.87. The summed E-state index contributed by atoms with van der Waals surface area (Å²) in [6, 6.07) is 26.5. The normalized spacial score (nSPS) is 19.8. The number of thioether (sulfide) groups is 1. The van der Waals surface area contributed by atoms with Gasteiger partial charge in [-0.3, -0.25) is 0 Å². The molecule has 2 aliphatic carbocycles. The van der Waals surface area contributed by atoms with E-state index in [1.54, 1.807) is 11.1 Å². The molecule has 32 heavy (non-hydrogen) atoms. The quantitative estimate of drug-likeness (QED) is 0.311. The molecule has 0 amide bonds. The average Bonchev–Trinajstić information content (AvgIpc) is 3.39. The van der Waals surface area contributed by atoms with Crippen molar-refractivity contribution >= 4 is 39.1 Å². The Morgan fingerprint density at radius 2 is 1.69 bits per heavy atom. The molecule has 0 N–H and O–H groups in total. The van der Waals surface area contributed by atoms with Crippen molar-refractivity contribution in [3.8, 4) is 5.69 Å². The Bertz CT molecular complexity index is 1510. The first-order chi connectivity index (χ1) is 15.9. The topological polar surface area (TPSA) is 4.93 Å². The van der Waals surface area contributed by atoms with Crippen LogP contribution in [0.2, 0.25) is 0 Å². The Morgan fingerprint density at radius 1 is 0.844 bits per heavy atom. The summed E-state index contributed by atoms with van der Waals surface area (Å²) in [6.07, 6.45) is 13.1. The van der Waals surface area contributed by atoms with E-state index < -0.39 is 0 Å². The van der Waals surface area contributed by atoms with E-state index in [2.05, 4.69) is 113 Å². The van der Waals surface area contributed by atoms with Crippen molar-refractivity contribution < 1.29 is 0 Å². The molecule has 0 spiro atoms. The van der Waals surface area contributed by atoms with Crippen LogP contribution in [0.5, 0.6) is 0 Å². The lowest BCUT2D eigenvalue weighted by Gasteiger charge is -2.19. The zero-order valence-corrected chi connectivity index (χ0v) is 18.6. The van der Waals surface area contributed by atoms with Gasteiger partial charge in [-0.25, -0.2) is 0 Å². The SMILES string of the molecule is C1=CC2=C(CC1)C1=CC(c3ccc4c(c3)c3ccccc3n4-c3ccccc3)=CCC1S2. The number of nitrogens with zero attached hydrogens (tertiary/aromatic N) is 1. The number of hydrogen-bond acceptors (Lipinski definition) is 1. The van der Waals surface area contributed by atoms with E-state index in [-0.39, 0.29) is 0 Å². The molecule has 1 atom stereocenters. The molecule has 2 heterocycles. The van der Waals surface area contributed by atoms with Gasteiger partial charge in [0.1, 0.15) is 0 Å². The highest BCUT2D eigenvalue weighted by Gasteiger charge is 2.31. The van der Waals surface area contributed by atoms with Crippen LogP contribution in [0.25, 0.3) is 33.1 Å². The van der Waals surface area contributed by atoms with Crippen LogP contribution in [0.1, 0.15) is 24.8 Å². The predicted octanol–water partition coefficient (Wildman–Crippen LogP) is 8.22. The van der Waals surface area contributed by atoms with E-state index >= 15 is 0 Å². The molecule has 2 heteroatoms. The minimum Gasteiger partial charge on any atom is -0.309 e. The maximum absolute atomic E-state index is 2.47. The number of para-hydroxylation sites is 2. The largest absolute Gasteiger partial charge is 0.309 e. The zero-order chi connectivity index (χ0) is 21.1. The summed E-state index contributed by atoms with van der Waals surface area (Å²) in [5.74, 6) is 0. The number of fused-ring (bicyclic) bond motifs is 5. The van der Waals surface area contributed by atoms with Crippen molar-refractivity contribution in [1.29, 1.82) is 0 Å². The third-order valence-electron chi connectivity index (χ3n) is 6.98. The molecule has 0 radical (unpaired) electrons. The molecule has 3 aromatic carbocycles. The smallest absolute Gasteiger partial charge is 0.0541 e. The van der Waals surface area contributed by atoms with Gasteiger partial charge in [-0.15, -0.1) is 11.8 Å². The van der Waals surface area contributed by atoms with Crippen molar-refractivity contribution in [2.24, 2.45) is 0 Å². The van der Waals surface area contributed by atoms with Gasteiger partial charge < -0.3 is 4.57 Å². The van der Waals surface area contributed by atoms with E-state index in [4.69, 9.17) is 0 Å². The van der Waals surface area contributed by atoms with Gasteiger partial charge >= 0.3 is 0 Å². The summed E-state index contributed by atoms with van der Waals surface area (Å²) < 4.78 is 2.39. The number of allylic oxidation sites excluding steroid dienone is 6. The first kappa shape index (κ1) is 18.4. The monoisotopic (exact) mass is 429 g/mol. The molecule has 0 saturated heterocycles. The minimum atomic E-state index is 0.607. The number of benzene rings is 3. The molecule has 1 aliphatic heterocycles. The summed E-state index contributed by atoms with van der Waals surface area (Å²) in [6.45, 7) is 0. The third kappa shape index (κ3) is 2.73. The Balaban J connectivity index is 1.39. The summed E-state index contributed by atoms with van der Waals surface area (Å²) >= 11 is 2.06. The molecule has 0 fully saturated rings. The van der Waals surface area contributed by atoms with Crippen LogP contribution in [-0.4, -0.2) is 9.82 Å². The van der Waals surface area contributed by atoms with Gasteiger partial charge in [0, 0.05) is 26.6 Å². The van der Waals surface area contributed by atoms with Gasteiger partial charge in [0.05, 0.1) is 11.0 Å². The molecule has 3 aliphatic rings. The minimum absolute atomic E-state index is 0.607. The summed E-state index contributed by atoms with van der Waals surface area (Å²) in [5, 5.41) is 3.24. The van der Waals surface area contributed by atoms with Gasteiger partial charge in [0.25, 0.3) is 0 Å². The summed E-state index contributed by atoms with van der Waals surface area (Å²) in [5.41, 5.74) is 9.60. The first-order valence-electron chi connectivity index (χ1n) is 11.4. The molecular weight excluding hydrogens is 406 g/mol. The standard InChI is InChI=1S/C30H23NS/c1-2-8-22(9-3-1)31-27-12-6-4-10-23(27)25-18-20(14-16-28(25)31)21-15-17-30-26(19-21)24-11-5-7-13-29(24)32-30/h1-4,6-10,12-16,18-19,30H,5,11,17H2. The van der Waals surface area contributed by atoms with Crippen molar-refractivity contribution in [2.45, 2.75) is 24.5 Å². The van der Waals surface area contributed by atoms with Crippen LogP contribution in [0, 0.1) is 0 Å². The van der Waals surface area contributed by atoms with E-state index in [0.29, 0.717) is 5.25 Å². The predicted molar refractivity (Wildman–Crippen MR) is 138 cm³/mol. The fourth-order valence-electron chi connectivity index (χ4n) is 5.47. The second kappa shape index (κ2) is 7.15. The van der Waals surface area contributed by atoms with Crippen LogP contribution in [0.3, 0.4) is 0 Å². The van der Waals surface area contributed by atoms with Crippen LogP contribution in [-0.2, 0) is 0 Å². The summed E-state index contributed by atoms with van der Waals surface area (Å²) in [4.78, 5) is 1.50. The highest BCUT2D eigenvalue weighted by molar-refractivity contribution is 8.04. The van der Waals surface area contributed by atoms with Gasteiger partial charge in [0.2, 0.25) is 0 Å². The zero-order valence-electron chi connectivity index (χ0n) is 17.8. The molecule has 4 aromatic rings. The molecule has 0 saturated carbocycles. The van der Waals surface area contributed by atoms with E-state index in [0.717, 1.165) is 6.42 Å². The fraction of sp³-hybridized carbons (Fsp3) is 0.133. The molecular formula is C30H23NS. The Hall–Kier alpha value is -3.23. The Kier molecular flexibility index (Phi) is 4.10. The molecule has 7 rings (SSSR count). The second-order valence-corrected chi connectivity index (χ2v) is 10.0. The van der Waals surface area contributed by atoms with E-state index in [1.165, 1.54) is 56.4 Å². The third-order valence-corrected chi connectivity index (χ3v) is 8.34. The van der Waals surface area contributed by atoms with Crippen molar-refractivity contribution in [3.05, 3.63) is 119 Å². The summed E-state index contributed by atoms with van der Waals surface area (Å²) in [7, 11) is 0. The van der Waals surface area contributed by atoms with Gasteiger partial charge in [0.15, 0.2) is 0 Å². The highest BCUT2D eigenvalue weighted by Crippen LogP contribution is 2.50. The maximum atomic E-state index is 2.47. The Morgan fingerprint density at radius 3 is 2.62 bits per heavy atom. The van der Waals surface area contributed by atoms with Crippen LogP contribution < -0.4 is 0 Å². The maximum Gasteiger partial charge on any atom is 0.0541 e. The highest BCUT2D eigenvalue weighted by atomic mass is 32.2. The number of hydrogen-bond donors (Lipinski definition) is 0. The van der Waals surface area contributed by atoms with Crippen molar-refractivity contribution in [3.63, 3.8) is 0 Å². The van der Waals surface area contributed by atoms with Gasteiger partial charge in [-0.1, -0.05) is 66.8 Å². The van der Waals surface area contributed by atoms with Crippen LogP contribution in [0.15, 0.2) is 113 Å². The second-order valence-electron chi connectivity index (χ2n) is 8.81. The molecule has 0 bridgehead atoms. The number of aromatic nitrogens is 1. The fourth-order valence-corrected chi connectivity index (χ4v) is 6.85. The lowest BCUT2D eigenvalue weighted by molar-refractivity contribution is 0.926. The average molecular weight is 430 g/mol. The molecule has 1 nitrogen and oxygen atoms in total. The van der Waals surface area contributed by atoms with Gasteiger partial charge in [-0.05, 0) is 71.9 Å². The van der Waals surface area contributed by atoms with E-state index in [9.17, 15) is 0 Å². The molecule has 1 aromatic heterocycles. The van der Waals surface area contributed by atoms with Crippen LogP contribution >= 0.6 is 11.8 Å². The Labute approximate surface area is 192 Å². The lowest BCUT2D eigenvalue weighted by Crippen LogP contribution is -2.07. The molecule has 154 valence electrons. The first-order valence-corrected chi connectivity index (χ1v) is 12.3. The van der Waals surface area contributed by atoms with Crippen molar-refractivity contribution in [1.82, 2.24) is 4.57 Å². The molecule has 1 unspecified atom stereocenters. The van der Waals surface area contributed by atoms with Gasteiger partial charge in [-0.2, -0.15) is 0 Å². The van der Waals surface area contributed by atoms with Crippen LogP contribution in [0.4, 0.5) is 0 Å². The number of rotatable bonds is 2. The van der Waals surface area contributed by atoms with E-state index in [1.807, 2.05) is 0 Å². The van der Waals surface area contributed by atoms with Crippen molar-refractivity contribution in [2.75, 3.05) is 0 Å².